The van der Waals surface area contributed by atoms with E-state index in [0.717, 1.165) is 43.4 Å². The van der Waals surface area contributed by atoms with Gasteiger partial charge in [-0.15, -0.1) is 0 Å². The average Bonchev–Trinajstić information content (AvgIpc) is 2.74. The van der Waals surface area contributed by atoms with Crippen molar-refractivity contribution < 1.29 is 26.3 Å². The van der Waals surface area contributed by atoms with Crippen molar-refractivity contribution in [3.63, 3.8) is 0 Å². The Labute approximate surface area is 184 Å². The Bertz CT molecular complexity index is 905. The monoisotopic (exact) mass is 455 g/mol. The van der Waals surface area contributed by atoms with Gasteiger partial charge in [-0.2, -0.15) is 26.3 Å². The third-order valence-electron chi connectivity index (χ3n) is 6.49. The van der Waals surface area contributed by atoms with E-state index < -0.39 is 34.9 Å². The maximum atomic E-state index is 13.3. The quantitative estimate of drug-likeness (QED) is 0.450. The number of halogens is 6. The summed E-state index contributed by atoms with van der Waals surface area (Å²) in [6.45, 7) is 7.78. The summed E-state index contributed by atoms with van der Waals surface area (Å²) in [4.78, 5) is 0. The fourth-order valence-corrected chi connectivity index (χ4v) is 4.34. The van der Waals surface area contributed by atoms with E-state index in [1.165, 1.54) is 0 Å². The number of alkyl halides is 6. The SMILES string of the molecule is C=C(NC1(c2ccccc2)CCC(C)CC1)C(C)c1cc(C(F)(F)F)cc(C(F)(F)F)c1. The topological polar surface area (TPSA) is 12.0 Å². The zero-order valence-corrected chi connectivity index (χ0v) is 18.1. The van der Waals surface area contributed by atoms with E-state index in [1.54, 1.807) is 6.92 Å². The lowest BCUT2D eigenvalue weighted by molar-refractivity contribution is -0.143. The van der Waals surface area contributed by atoms with Crippen LogP contribution in [0, 0.1) is 5.92 Å². The zero-order chi connectivity index (χ0) is 23.7. The van der Waals surface area contributed by atoms with Crippen LogP contribution in [0.2, 0.25) is 0 Å². The molecule has 0 amide bonds. The van der Waals surface area contributed by atoms with Gasteiger partial charge >= 0.3 is 12.4 Å². The van der Waals surface area contributed by atoms with Gasteiger partial charge in [0.25, 0.3) is 0 Å². The molecule has 1 atom stereocenters. The first kappa shape index (κ1) is 24.2. The van der Waals surface area contributed by atoms with Crippen molar-refractivity contribution in [2.24, 2.45) is 5.92 Å². The average molecular weight is 455 g/mol. The van der Waals surface area contributed by atoms with E-state index in [-0.39, 0.29) is 11.6 Å². The molecule has 1 nitrogen and oxygen atoms in total. The molecule has 174 valence electrons. The van der Waals surface area contributed by atoms with Crippen LogP contribution in [0.3, 0.4) is 0 Å². The van der Waals surface area contributed by atoms with Gasteiger partial charge in [0.05, 0.1) is 16.7 Å². The maximum absolute atomic E-state index is 13.3. The highest BCUT2D eigenvalue weighted by Crippen LogP contribution is 2.42. The smallest absolute Gasteiger partial charge is 0.379 e. The van der Waals surface area contributed by atoms with Gasteiger partial charge in [-0.3, -0.25) is 0 Å². The molecule has 2 aromatic rings. The number of benzene rings is 2. The molecule has 1 saturated carbocycles. The zero-order valence-electron chi connectivity index (χ0n) is 18.1. The van der Waals surface area contributed by atoms with Crippen LogP contribution < -0.4 is 5.32 Å². The summed E-state index contributed by atoms with van der Waals surface area (Å²) in [6.07, 6.45) is -6.22. The second kappa shape index (κ2) is 8.83. The molecule has 0 aromatic heterocycles. The van der Waals surface area contributed by atoms with E-state index in [0.29, 0.717) is 11.6 Å². The molecule has 0 heterocycles. The van der Waals surface area contributed by atoms with Crippen LogP contribution in [0.4, 0.5) is 26.3 Å². The van der Waals surface area contributed by atoms with Crippen LogP contribution in [0.25, 0.3) is 0 Å². The highest BCUT2D eigenvalue weighted by molar-refractivity contribution is 5.38. The molecule has 0 radical (unpaired) electrons. The molecule has 0 saturated heterocycles. The first-order chi connectivity index (χ1) is 14.8. The van der Waals surface area contributed by atoms with E-state index >= 15 is 0 Å². The third-order valence-corrected chi connectivity index (χ3v) is 6.49. The van der Waals surface area contributed by atoms with Crippen LogP contribution >= 0.6 is 0 Å². The lowest BCUT2D eigenvalue weighted by Gasteiger charge is -2.43. The summed E-state index contributed by atoms with van der Waals surface area (Å²) >= 11 is 0. The maximum Gasteiger partial charge on any atom is 0.416 e. The van der Waals surface area contributed by atoms with Gasteiger partial charge in [-0.25, -0.2) is 0 Å². The Kier molecular flexibility index (Phi) is 6.68. The summed E-state index contributed by atoms with van der Waals surface area (Å²) in [7, 11) is 0. The van der Waals surface area contributed by atoms with Crippen molar-refractivity contribution in [1.82, 2.24) is 5.32 Å². The first-order valence-electron chi connectivity index (χ1n) is 10.6. The molecule has 1 N–H and O–H groups in total. The minimum atomic E-state index is -4.88. The predicted octanol–water partition coefficient (Wildman–Crippen LogP) is 8.04. The van der Waals surface area contributed by atoms with Gasteiger partial charge in [-0.05, 0) is 60.9 Å². The molecule has 1 fully saturated rings. The number of hydrogen-bond donors (Lipinski definition) is 1. The standard InChI is InChI=1S/C25H27F6N/c1-16-9-11-23(12-10-16,20-7-5-4-6-8-20)32-18(3)17(2)19-13-21(24(26,27)28)15-22(14-19)25(29,30)31/h4-8,13-17,32H,3,9-12H2,1-2H3. The first-order valence-corrected chi connectivity index (χ1v) is 10.6. The molecule has 1 unspecified atom stereocenters. The lowest BCUT2D eigenvalue weighted by atomic mass is 9.72. The second-order valence-corrected chi connectivity index (χ2v) is 8.84. The Morgan fingerprint density at radius 1 is 0.938 bits per heavy atom. The number of allylic oxidation sites excluding steroid dienone is 1. The fraction of sp³-hybridized carbons (Fsp3) is 0.440. The Morgan fingerprint density at radius 2 is 1.44 bits per heavy atom. The van der Waals surface area contributed by atoms with E-state index in [2.05, 4.69) is 18.8 Å². The van der Waals surface area contributed by atoms with Crippen molar-refractivity contribution in [1.29, 1.82) is 0 Å². The van der Waals surface area contributed by atoms with Crippen molar-refractivity contribution in [3.8, 4) is 0 Å². The molecule has 32 heavy (non-hydrogen) atoms. The summed E-state index contributed by atoms with van der Waals surface area (Å²) < 4.78 is 79.7. The van der Waals surface area contributed by atoms with Gasteiger partial charge in [0.1, 0.15) is 0 Å². The van der Waals surface area contributed by atoms with Gasteiger partial charge in [0, 0.05) is 11.6 Å². The number of nitrogens with one attached hydrogen (secondary N) is 1. The largest absolute Gasteiger partial charge is 0.416 e. The summed E-state index contributed by atoms with van der Waals surface area (Å²) in [5.41, 5.74) is -1.71. The summed E-state index contributed by atoms with van der Waals surface area (Å²) in [5.74, 6) is -0.199. The molecule has 7 heteroatoms. The molecule has 3 rings (SSSR count). The van der Waals surface area contributed by atoms with Crippen LogP contribution in [-0.4, -0.2) is 0 Å². The van der Waals surface area contributed by atoms with Crippen molar-refractivity contribution in [2.75, 3.05) is 0 Å². The fourth-order valence-electron chi connectivity index (χ4n) is 4.34. The highest BCUT2D eigenvalue weighted by Gasteiger charge is 2.39. The summed E-state index contributed by atoms with van der Waals surface area (Å²) in [6, 6.07) is 11.5. The van der Waals surface area contributed by atoms with Gasteiger partial charge < -0.3 is 5.32 Å². The van der Waals surface area contributed by atoms with E-state index in [1.807, 2.05) is 30.3 Å². The molecular weight excluding hydrogens is 428 g/mol. The Balaban J connectivity index is 1.95. The van der Waals surface area contributed by atoms with Crippen molar-refractivity contribution >= 4 is 0 Å². The van der Waals surface area contributed by atoms with Crippen molar-refractivity contribution in [2.45, 2.75) is 63.3 Å². The molecule has 1 aliphatic rings. The Hall–Kier alpha value is -2.44. The number of rotatable bonds is 5. The van der Waals surface area contributed by atoms with Crippen LogP contribution in [-0.2, 0) is 17.9 Å². The minimum absolute atomic E-state index is 0.0722. The normalized spacial score (nSPS) is 22.9. The van der Waals surface area contributed by atoms with Crippen LogP contribution in [0.15, 0.2) is 60.8 Å². The van der Waals surface area contributed by atoms with Crippen LogP contribution in [0.5, 0.6) is 0 Å². The van der Waals surface area contributed by atoms with Crippen molar-refractivity contribution in [3.05, 3.63) is 83.1 Å². The van der Waals surface area contributed by atoms with Gasteiger partial charge in [-0.1, -0.05) is 50.8 Å². The Morgan fingerprint density at radius 3 is 1.91 bits per heavy atom. The number of hydrogen-bond acceptors (Lipinski definition) is 1. The van der Waals surface area contributed by atoms with E-state index in [4.69, 9.17) is 0 Å². The minimum Gasteiger partial charge on any atom is -0.379 e. The second-order valence-electron chi connectivity index (χ2n) is 8.84. The predicted molar refractivity (Wildman–Crippen MR) is 113 cm³/mol. The van der Waals surface area contributed by atoms with E-state index in [9.17, 15) is 26.3 Å². The van der Waals surface area contributed by atoms with Gasteiger partial charge in [0.2, 0.25) is 0 Å². The molecular formula is C25H27F6N. The molecule has 2 aromatic carbocycles. The third kappa shape index (κ3) is 5.30. The van der Waals surface area contributed by atoms with Gasteiger partial charge in [0.15, 0.2) is 0 Å². The van der Waals surface area contributed by atoms with Crippen LogP contribution in [0.1, 0.15) is 67.7 Å². The molecule has 1 aliphatic carbocycles. The molecule has 0 bridgehead atoms. The lowest BCUT2D eigenvalue weighted by Crippen LogP contribution is -2.45. The summed E-state index contributed by atoms with van der Waals surface area (Å²) in [5, 5.41) is 3.43. The molecule has 0 spiro atoms. The highest BCUT2D eigenvalue weighted by atomic mass is 19.4. The molecule has 0 aliphatic heterocycles.